The molecule has 1 amide bonds. The summed E-state index contributed by atoms with van der Waals surface area (Å²) < 4.78 is 5.81. The van der Waals surface area contributed by atoms with Crippen molar-refractivity contribution < 1.29 is 11.0 Å². The third-order valence-corrected chi connectivity index (χ3v) is 3.16. The Morgan fingerprint density at radius 3 is 2.62 bits per heavy atom. The molecule has 0 spiro atoms. The van der Waals surface area contributed by atoms with Crippen LogP contribution in [0.4, 0.5) is 0 Å². The van der Waals surface area contributed by atoms with Crippen LogP contribution in [0.25, 0.3) is 0 Å². The van der Waals surface area contributed by atoms with Crippen molar-refractivity contribution in [3.05, 3.63) is 60.2 Å². The fourth-order valence-electron chi connectivity index (χ4n) is 2.03. The van der Waals surface area contributed by atoms with Crippen molar-refractivity contribution in [2.24, 2.45) is 0 Å². The molecule has 0 aromatic heterocycles. The van der Waals surface area contributed by atoms with Gasteiger partial charge in [-0.15, -0.1) is 0 Å². The molecule has 2 aromatic carbocycles. The second-order valence-electron chi connectivity index (χ2n) is 4.87. The number of para-hydroxylation sites is 1. The SMILES string of the molecule is CCC(=O)NCCCc1cccc(Oc2ccccc2)c1.[HH]. The van der Waals surface area contributed by atoms with E-state index in [1.807, 2.05) is 49.4 Å². The molecule has 0 bridgehead atoms. The number of ether oxygens (including phenoxy) is 1. The Bertz CT molecular complexity index is 572. The average molecular weight is 285 g/mol. The number of nitrogens with one attached hydrogen (secondary N) is 1. The topological polar surface area (TPSA) is 38.3 Å². The molecule has 0 saturated heterocycles. The van der Waals surface area contributed by atoms with Crippen LogP contribution in [-0.4, -0.2) is 12.5 Å². The monoisotopic (exact) mass is 285 g/mol. The number of rotatable bonds is 7. The van der Waals surface area contributed by atoms with Gasteiger partial charge in [0.1, 0.15) is 11.5 Å². The summed E-state index contributed by atoms with van der Waals surface area (Å²) in [7, 11) is 0. The molecule has 0 fully saturated rings. The van der Waals surface area contributed by atoms with Gasteiger partial charge < -0.3 is 10.1 Å². The minimum absolute atomic E-state index is 0. The summed E-state index contributed by atoms with van der Waals surface area (Å²) in [4.78, 5) is 11.1. The summed E-state index contributed by atoms with van der Waals surface area (Å²) in [5, 5.41) is 2.89. The number of hydrogen-bond donors (Lipinski definition) is 1. The van der Waals surface area contributed by atoms with Gasteiger partial charge in [-0.25, -0.2) is 0 Å². The molecule has 2 rings (SSSR count). The molecule has 3 heteroatoms. The number of hydrogen-bond acceptors (Lipinski definition) is 2. The summed E-state index contributed by atoms with van der Waals surface area (Å²) in [5.74, 6) is 1.79. The maximum atomic E-state index is 11.1. The van der Waals surface area contributed by atoms with Crippen LogP contribution in [0.3, 0.4) is 0 Å². The Labute approximate surface area is 127 Å². The fourth-order valence-corrected chi connectivity index (χ4v) is 2.03. The van der Waals surface area contributed by atoms with Gasteiger partial charge in [0.2, 0.25) is 5.91 Å². The van der Waals surface area contributed by atoms with E-state index in [0.717, 1.165) is 30.9 Å². The lowest BCUT2D eigenvalue weighted by atomic mass is 10.1. The van der Waals surface area contributed by atoms with Crippen LogP contribution in [0.5, 0.6) is 11.5 Å². The van der Waals surface area contributed by atoms with E-state index in [9.17, 15) is 4.79 Å². The van der Waals surface area contributed by atoms with Gasteiger partial charge in [0.15, 0.2) is 0 Å². The molecule has 0 heterocycles. The van der Waals surface area contributed by atoms with Crippen LogP contribution < -0.4 is 10.1 Å². The van der Waals surface area contributed by atoms with E-state index in [-0.39, 0.29) is 7.33 Å². The summed E-state index contributed by atoms with van der Waals surface area (Å²) in [6.45, 7) is 2.58. The molecule has 0 aliphatic rings. The zero-order chi connectivity index (χ0) is 14.9. The van der Waals surface area contributed by atoms with Crippen LogP contribution in [0.2, 0.25) is 0 Å². The third-order valence-electron chi connectivity index (χ3n) is 3.16. The maximum Gasteiger partial charge on any atom is 0.219 e. The van der Waals surface area contributed by atoms with Crippen molar-refractivity contribution >= 4 is 5.91 Å². The molecule has 0 radical (unpaired) electrons. The van der Waals surface area contributed by atoms with E-state index >= 15 is 0 Å². The van der Waals surface area contributed by atoms with E-state index < -0.39 is 0 Å². The largest absolute Gasteiger partial charge is 0.457 e. The van der Waals surface area contributed by atoms with Crippen molar-refractivity contribution in [3.63, 3.8) is 0 Å². The molecule has 0 aliphatic heterocycles. The molecule has 0 atom stereocenters. The van der Waals surface area contributed by atoms with Crippen LogP contribution in [0.1, 0.15) is 26.8 Å². The second kappa shape index (κ2) is 8.10. The molecule has 0 aliphatic carbocycles. The van der Waals surface area contributed by atoms with E-state index in [0.29, 0.717) is 6.42 Å². The van der Waals surface area contributed by atoms with Crippen molar-refractivity contribution in [2.75, 3.05) is 6.54 Å². The van der Waals surface area contributed by atoms with E-state index in [1.165, 1.54) is 5.56 Å². The predicted octanol–water partition coefficient (Wildman–Crippen LogP) is 4.18. The van der Waals surface area contributed by atoms with E-state index in [1.54, 1.807) is 0 Å². The van der Waals surface area contributed by atoms with E-state index in [2.05, 4.69) is 17.4 Å². The van der Waals surface area contributed by atoms with Crippen LogP contribution in [0.15, 0.2) is 54.6 Å². The first kappa shape index (κ1) is 15.1. The van der Waals surface area contributed by atoms with Gasteiger partial charge in [0.25, 0.3) is 0 Å². The highest BCUT2D eigenvalue weighted by Gasteiger charge is 2.00. The normalized spacial score (nSPS) is 10.1. The first-order valence-electron chi connectivity index (χ1n) is 7.36. The summed E-state index contributed by atoms with van der Waals surface area (Å²) >= 11 is 0. The Hall–Kier alpha value is -2.29. The zero-order valence-electron chi connectivity index (χ0n) is 12.3. The smallest absolute Gasteiger partial charge is 0.219 e. The van der Waals surface area contributed by atoms with Crippen LogP contribution in [0, 0.1) is 0 Å². The lowest BCUT2D eigenvalue weighted by Gasteiger charge is -2.08. The second-order valence-corrected chi connectivity index (χ2v) is 4.87. The summed E-state index contributed by atoms with van der Waals surface area (Å²) in [5.41, 5.74) is 1.22. The van der Waals surface area contributed by atoms with Gasteiger partial charge in [-0.1, -0.05) is 37.3 Å². The van der Waals surface area contributed by atoms with Gasteiger partial charge in [0, 0.05) is 14.4 Å². The van der Waals surface area contributed by atoms with E-state index in [4.69, 9.17) is 4.74 Å². The van der Waals surface area contributed by atoms with Crippen molar-refractivity contribution in [1.82, 2.24) is 5.32 Å². The molecular weight excluding hydrogens is 262 g/mol. The van der Waals surface area contributed by atoms with Crippen molar-refractivity contribution in [1.29, 1.82) is 0 Å². The number of carbonyl (C=O) groups excluding carboxylic acids is 1. The lowest BCUT2D eigenvalue weighted by Crippen LogP contribution is -2.23. The molecule has 0 unspecified atom stereocenters. The molecule has 21 heavy (non-hydrogen) atoms. The molecule has 3 nitrogen and oxygen atoms in total. The molecule has 1 N–H and O–H groups in total. The highest BCUT2D eigenvalue weighted by molar-refractivity contribution is 5.75. The highest BCUT2D eigenvalue weighted by Crippen LogP contribution is 2.22. The minimum Gasteiger partial charge on any atom is -0.457 e. The summed E-state index contributed by atoms with van der Waals surface area (Å²) in [6.07, 6.45) is 2.40. The number of benzene rings is 2. The van der Waals surface area contributed by atoms with Crippen molar-refractivity contribution in [3.8, 4) is 11.5 Å². The van der Waals surface area contributed by atoms with Gasteiger partial charge >= 0.3 is 0 Å². The first-order valence-corrected chi connectivity index (χ1v) is 7.36. The van der Waals surface area contributed by atoms with Crippen LogP contribution in [-0.2, 0) is 11.2 Å². The predicted molar refractivity (Wildman–Crippen MR) is 86.7 cm³/mol. The number of amides is 1. The Morgan fingerprint density at radius 1 is 1.10 bits per heavy atom. The minimum atomic E-state index is 0. The Morgan fingerprint density at radius 2 is 1.86 bits per heavy atom. The average Bonchev–Trinajstić information content (AvgIpc) is 2.52. The molecule has 0 saturated carbocycles. The quantitative estimate of drug-likeness (QED) is 0.775. The van der Waals surface area contributed by atoms with Gasteiger partial charge in [-0.3, -0.25) is 4.79 Å². The Kier molecular flexibility index (Phi) is 5.83. The number of aryl methyl sites for hydroxylation is 1. The lowest BCUT2D eigenvalue weighted by molar-refractivity contribution is -0.120. The molecule has 112 valence electrons. The van der Waals surface area contributed by atoms with Gasteiger partial charge in [-0.2, -0.15) is 0 Å². The van der Waals surface area contributed by atoms with Gasteiger partial charge in [0.05, 0.1) is 0 Å². The standard InChI is InChI=1S/C18H21NO2.H2/c1-2-18(20)19-13-7-9-15-8-6-12-17(14-15)21-16-10-4-3-5-11-16;/h3-6,8,10-12,14H,2,7,9,13H2,1H3,(H,19,20);1H. The first-order chi connectivity index (χ1) is 10.3. The molecule has 2 aromatic rings. The highest BCUT2D eigenvalue weighted by atomic mass is 16.5. The van der Waals surface area contributed by atoms with Crippen molar-refractivity contribution in [2.45, 2.75) is 26.2 Å². The van der Waals surface area contributed by atoms with Crippen LogP contribution >= 0.6 is 0 Å². The number of carbonyl (C=O) groups is 1. The Balaban J connectivity index is 0.00000242. The summed E-state index contributed by atoms with van der Waals surface area (Å²) in [6, 6.07) is 17.8. The fraction of sp³-hybridized carbons (Fsp3) is 0.278. The zero-order valence-corrected chi connectivity index (χ0v) is 12.3. The third kappa shape index (κ3) is 5.30. The maximum absolute atomic E-state index is 11.1. The van der Waals surface area contributed by atoms with Gasteiger partial charge in [-0.05, 0) is 42.7 Å². The molecular formula is C18H23NO2.